The number of hydrogen-bond acceptors (Lipinski definition) is 2. The first-order valence-corrected chi connectivity index (χ1v) is 11.5. The number of pyridine rings is 2. The average Bonchev–Trinajstić information content (AvgIpc) is 2.78. The number of aromatic nitrogens is 2. The Morgan fingerprint density at radius 3 is 1.18 bits per heavy atom. The third-order valence-electron chi connectivity index (χ3n) is 6.07. The fourth-order valence-corrected chi connectivity index (χ4v) is 3.99. The highest BCUT2D eigenvalue weighted by Gasteiger charge is 2.22. The second-order valence-corrected chi connectivity index (χ2v) is 10.7. The minimum atomic E-state index is -0.372. The highest BCUT2D eigenvalue weighted by atomic mass is 19.1. The van der Waals surface area contributed by atoms with E-state index in [0.717, 1.165) is 33.4 Å². The van der Waals surface area contributed by atoms with Crippen molar-refractivity contribution in [3.8, 4) is 33.6 Å². The van der Waals surface area contributed by atoms with Crippen LogP contribution in [0.2, 0.25) is 0 Å². The Bertz CT molecular complexity index is 1210. The molecule has 0 aliphatic heterocycles. The van der Waals surface area contributed by atoms with E-state index in [1.165, 1.54) is 24.5 Å². The quantitative estimate of drug-likeness (QED) is 0.309. The van der Waals surface area contributed by atoms with Crippen molar-refractivity contribution in [2.45, 2.75) is 52.4 Å². The van der Waals surface area contributed by atoms with E-state index in [9.17, 15) is 8.78 Å². The number of nitrogens with zero attached hydrogens (tertiary/aromatic N) is 2. The molecule has 4 heteroatoms. The van der Waals surface area contributed by atoms with Crippen molar-refractivity contribution in [2.24, 2.45) is 0 Å². The summed E-state index contributed by atoms with van der Waals surface area (Å²) in [7, 11) is 0. The number of halogens is 2. The van der Waals surface area contributed by atoms with Crippen molar-refractivity contribution in [1.29, 1.82) is 0 Å². The second-order valence-electron chi connectivity index (χ2n) is 10.7. The van der Waals surface area contributed by atoms with Crippen molar-refractivity contribution >= 4 is 0 Å². The van der Waals surface area contributed by atoms with E-state index >= 15 is 0 Å². The third-order valence-corrected chi connectivity index (χ3v) is 6.07. The summed E-state index contributed by atoms with van der Waals surface area (Å²) in [5.74, 6) is -0.744. The summed E-state index contributed by atoms with van der Waals surface area (Å²) >= 11 is 0. The minimum absolute atomic E-state index is 0.0647. The molecule has 0 aliphatic carbocycles. The predicted molar refractivity (Wildman–Crippen MR) is 136 cm³/mol. The number of hydrogen-bond donors (Lipinski definition) is 0. The van der Waals surface area contributed by atoms with Crippen LogP contribution in [0, 0.1) is 11.6 Å². The molecule has 34 heavy (non-hydrogen) atoms. The highest BCUT2D eigenvalue weighted by molar-refractivity contribution is 5.90. The van der Waals surface area contributed by atoms with Crippen molar-refractivity contribution in [3.63, 3.8) is 0 Å². The molecular formula is C30H30F2N2. The van der Waals surface area contributed by atoms with Gasteiger partial charge in [0.15, 0.2) is 0 Å². The van der Waals surface area contributed by atoms with Crippen LogP contribution in [0.4, 0.5) is 8.78 Å². The Morgan fingerprint density at radius 2 is 0.882 bits per heavy atom. The van der Waals surface area contributed by atoms with E-state index in [-0.39, 0.29) is 22.5 Å². The van der Waals surface area contributed by atoms with Gasteiger partial charge in [-0.3, -0.25) is 9.97 Å². The normalized spacial score (nSPS) is 12.1. The molecule has 2 aromatic carbocycles. The molecule has 0 aliphatic rings. The monoisotopic (exact) mass is 456 g/mol. The Balaban J connectivity index is 2.01. The fraction of sp³-hybridized carbons (Fsp3) is 0.267. The molecule has 0 fully saturated rings. The summed E-state index contributed by atoms with van der Waals surface area (Å²) < 4.78 is 27.3. The van der Waals surface area contributed by atoms with Crippen LogP contribution >= 0.6 is 0 Å². The average molecular weight is 457 g/mol. The van der Waals surface area contributed by atoms with Gasteiger partial charge < -0.3 is 0 Å². The Labute approximate surface area is 200 Å². The van der Waals surface area contributed by atoms with Gasteiger partial charge in [0.25, 0.3) is 0 Å². The molecule has 0 atom stereocenters. The smallest absolute Gasteiger partial charge is 0.141 e. The van der Waals surface area contributed by atoms with Crippen LogP contribution in [0.5, 0.6) is 0 Å². The van der Waals surface area contributed by atoms with E-state index in [0.29, 0.717) is 11.4 Å². The fourth-order valence-electron chi connectivity index (χ4n) is 3.99. The molecule has 0 spiro atoms. The summed E-state index contributed by atoms with van der Waals surface area (Å²) in [6.07, 6.45) is 2.49. The van der Waals surface area contributed by atoms with Crippen molar-refractivity contribution < 1.29 is 8.78 Å². The van der Waals surface area contributed by atoms with Gasteiger partial charge in [0.1, 0.15) is 11.6 Å². The molecule has 2 heterocycles. The highest BCUT2D eigenvalue weighted by Crippen LogP contribution is 2.41. The maximum absolute atomic E-state index is 13.7. The first-order chi connectivity index (χ1) is 15.9. The maximum atomic E-state index is 13.7. The molecule has 0 amide bonds. The molecule has 2 aromatic heterocycles. The van der Waals surface area contributed by atoms with E-state index < -0.39 is 0 Å². The standard InChI is InChI=1S/C30H30F2N2/c1-29(2,3)19-7-11-23(25(15-19)27-13-9-21(31)17-33-27)24-12-8-20(30(4,5)6)16-26(24)28-14-10-22(32)18-34-28/h7-18H,1-6H3. The Kier molecular flexibility index (Phi) is 6.11. The molecule has 0 N–H and O–H groups in total. The molecular weight excluding hydrogens is 426 g/mol. The lowest BCUT2D eigenvalue weighted by Crippen LogP contribution is -2.12. The second kappa shape index (κ2) is 8.75. The lowest BCUT2D eigenvalue weighted by Gasteiger charge is -2.24. The largest absolute Gasteiger partial charge is 0.253 e. The van der Waals surface area contributed by atoms with E-state index in [2.05, 4.69) is 87.9 Å². The summed E-state index contributed by atoms with van der Waals surface area (Å²) in [5.41, 5.74) is 7.34. The summed E-state index contributed by atoms with van der Waals surface area (Å²) in [5, 5.41) is 0. The molecule has 0 saturated heterocycles. The van der Waals surface area contributed by atoms with Crippen LogP contribution in [0.1, 0.15) is 52.7 Å². The van der Waals surface area contributed by atoms with Gasteiger partial charge in [-0.15, -0.1) is 0 Å². The topological polar surface area (TPSA) is 25.8 Å². The molecule has 0 saturated carbocycles. The van der Waals surface area contributed by atoms with Crippen molar-refractivity contribution in [2.75, 3.05) is 0 Å². The molecule has 0 bridgehead atoms. The zero-order valence-electron chi connectivity index (χ0n) is 20.6. The minimum Gasteiger partial charge on any atom is -0.253 e. The van der Waals surface area contributed by atoms with Gasteiger partial charge in [0.2, 0.25) is 0 Å². The molecule has 174 valence electrons. The van der Waals surface area contributed by atoms with E-state index in [4.69, 9.17) is 0 Å². The van der Waals surface area contributed by atoms with Crippen LogP contribution in [0.3, 0.4) is 0 Å². The lowest BCUT2D eigenvalue weighted by molar-refractivity contribution is 0.590. The summed E-state index contributed by atoms with van der Waals surface area (Å²) in [6, 6.07) is 19.0. The van der Waals surface area contributed by atoms with Gasteiger partial charge >= 0.3 is 0 Å². The number of benzene rings is 2. The summed E-state index contributed by atoms with van der Waals surface area (Å²) in [6.45, 7) is 13.0. The van der Waals surface area contributed by atoms with Crippen LogP contribution in [0.15, 0.2) is 73.1 Å². The SMILES string of the molecule is CC(C)(C)c1ccc(-c2ccc(C(C)(C)C)cc2-c2ccc(F)cn2)c(-c2ccc(F)cn2)c1. The third kappa shape index (κ3) is 4.91. The van der Waals surface area contributed by atoms with Crippen LogP contribution in [-0.4, -0.2) is 9.97 Å². The van der Waals surface area contributed by atoms with Gasteiger partial charge in [-0.2, -0.15) is 0 Å². The lowest BCUT2D eigenvalue weighted by atomic mass is 9.81. The zero-order valence-corrected chi connectivity index (χ0v) is 20.6. The van der Waals surface area contributed by atoms with Gasteiger partial charge in [-0.25, -0.2) is 8.78 Å². The van der Waals surface area contributed by atoms with Gasteiger partial charge in [-0.05, 0) is 69.5 Å². The maximum Gasteiger partial charge on any atom is 0.141 e. The predicted octanol–water partition coefficient (Wildman–Crippen LogP) is 8.35. The van der Waals surface area contributed by atoms with Crippen molar-refractivity contribution in [3.05, 3.63) is 95.8 Å². The first kappa shape index (κ1) is 23.7. The molecule has 2 nitrogen and oxygen atoms in total. The number of rotatable bonds is 3. The molecule has 4 rings (SSSR count). The van der Waals surface area contributed by atoms with Gasteiger partial charge in [0.05, 0.1) is 23.8 Å². The molecule has 0 radical (unpaired) electrons. The summed E-state index contributed by atoms with van der Waals surface area (Å²) in [4.78, 5) is 8.78. The van der Waals surface area contributed by atoms with Crippen LogP contribution < -0.4 is 0 Å². The van der Waals surface area contributed by atoms with Crippen LogP contribution in [0.25, 0.3) is 33.6 Å². The molecule has 4 aromatic rings. The van der Waals surface area contributed by atoms with E-state index in [1.54, 1.807) is 12.1 Å². The van der Waals surface area contributed by atoms with Crippen molar-refractivity contribution in [1.82, 2.24) is 9.97 Å². The van der Waals surface area contributed by atoms with Gasteiger partial charge in [0, 0.05) is 11.1 Å². The van der Waals surface area contributed by atoms with Crippen LogP contribution in [-0.2, 0) is 10.8 Å². The first-order valence-electron chi connectivity index (χ1n) is 11.5. The van der Waals surface area contributed by atoms with Gasteiger partial charge in [-0.1, -0.05) is 65.8 Å². The molecule has 0 unspecified atom stereocenters. The Hall–Kier alpha value is -3.40. The van der Waals surface area contributed by atoms with E-state index in [1.807, 2.05) is 0 Å². The zero-order chi connectivity index (χ0) is 24.7. The Morgan fingerprint density at radius 1 is 0.500 bits per heavy atom.